The normalized spacial score (nSPS) is 13.7. The molecule has 1 aliphatic rings. The molecular formula is C14H13F3N4O2. The molecule has 2 aromatic rings. The summed E-state index contributed by atoms with van der Waals surface area (Å²) in [5.41, 5.74) is 2.00. The van der Waals surface area contributed by atoms with Crippen LogP contribution in [0.25, 0.3) is 0 Å². The summed E-state index contributed by atoms with van der Waals surface area (Å²) in [5.74, 6) is -2.08. The second-order valence-corrected chi connectivity index (χ2v) is 4.93. The van der Waals surface area contributed by atoms with Gasteiger partial charge in [0.15, 0.2) is 17.3 Å². The van der Waals surface area contributed by atoms with Gasteiger partial charge in [-0.1, -0.05) is 0 Å². The molecule has 6 nitrogen and oxygen atoms in total. The Hall–Kier alpha value is -2.55. The van der Waals surface area contributed by atoms with Crippen LogP contribution in [0.1, 0.15) is 21.7 Å². The van der Waals surface area contributed by atoms with Crippen molar-refractivity contribution in [1.29, 1.82) is 0 Å². The van der Waals surface area contributed by atoms with Gasteiger partial charge in [0.05, 0.1) is 0 Å². The summed E-state index contributed by atoms with van der Waals surface area (Å²) in [6.07, 6.45) is 0.740. The summed E-state index contributed by atoms with van der Waals surface area (Å²) < 4.78 is 41.8. The number of carbonyl (C=O) groups excluding carboxylic acids is 1. The lowest BCUT2D eigenvalue weighted by Gasteiger charge is -2.13. The van der Waals surface area contributed by atoms with Crippen LogP contribution in [0.3, 0.4) is 0 Å². The molecule has 1 amide bonds. The first-order valence-corrected chi connectivity index (χ1v) is 6.87. The molecule has 3 N–H and O–H groups in total. The fourth-order valence-electron chi connectivity index (χ4n) is 2.37. The quantitative estimate of drug-likeness (QED) is 0.803. The number of alkyl halides is 2. The Labute approximate surface area is 129 Å². The average molecular weight is 326 g/mol. The Morgan fingerprint density at radius 3 is 2.96 bits per heavy atom. The molecular weight excluding hydrogens is 313 g/mol. The molecule has 0 spiro atoms. The lowest BCUT2D eigenvalue weighted by atomic mass is 10.1. The molecule has 0 fully saturated rings. The van der Waals surface area contributed by atoms with Crippen LogP contribution in [-0.2, 0) is 13.0 Å². The Kier molecular flexibility index (Phi) is 4.20. The number of hydrogen-bond acceptors (Lipinski definition) is 4. The monoisotopic (exact) mass is 326 g/mol. The van der Waals surface area contributed by atoms with Gasteiger partial charge in [-0.2, -0.15) is 13.9 Å². The van der Waals surface area contributed by atoms with Crippen LogP contribution in [0, 0.1) is 5.82 Å². The fraction of sp³-hybridized carbons (Fsp3) is 0.286. The SMILES string of the molecule is O=C(Nc1ccc(OC(F)F)c(F)c1)c1n[nH]c2c1CNCC2. The lowest BCUT2D eigenvalue weighted by Crippen LogP contribution is -2.25. The number of rotatable bonds is 4. The Morgan fingerprint density at radius 2 is 2.22 bits per heavy atom. The van der Waals surface area contributed by atoms with Crippen molar-refractivity contribution in [1.82, 2.24) is 15.5 Å². The van der Waals surface area contributed by atoms with Gasteiger partial charge in [-0.25, -0.2) is 4.39 Å². The highest BCUT2D eigenvalue weighted by atomic mass is 19.3. The number of fused-ring (bicyclic) bond motifs is 1. The second kappa shape index (κ2) is 6.29. The van der Waals surface area contributed by atoms with E-state index in [0.717, 1.165) is 36.4 Å². The highest BCUT2D eigenvalue weighted by Gasteiger charge is 2.22. The first-order valence-electron chi connectivity index (χ1n) is 6.87. The summed E-state index contributed by atoms with van der Waals surface area (Å²) in [6.45, 7) is -1.80. The van der Waals surface area contributed by atoms with E-state index in [4.69, 9.17) is 0 Å². The van der Waals surface area contributed by atoms with E-state index in [-0.39, 0.29) is 11.4 Å². The zero-order valence-corrected chi connectivity index (χ0v) is 11.8. The van der Waals surface area contributed by atoms with Gasteiger partial charge in [0.25, 0.3) is 5.91 Å². The van der Waals surface area contributed by atoms with Crippen LogP contribution in [0.2, 0.25) is 0 Å². The Morgan fingerprint density at radius 1 is 1.39 bits per heavy atom. The minimum Gasteiger partial charge on any atom is -0.432 e. The highest BCUT2D eigenvalue weighted by Crippen LogP contribution is 2.23. The number of hydrogen-bond donors (Lipinski definition) is 3. The molecule has 122 valence electrons. The van der Waals surface area contributed by atoms with Gasteiger partial charge in [-0.05, 0) is 12.1 Å². The molecule has 9 heteroatoms. The number of halogens is 3. The van der Waals surface area contributed by atoms with Gasteiger partial charge >= 0.3 is 6.61 Å². The lowest BCUT2D eigenvalue weighted by molar-refractivity contribution is -0.0521. The van der Waals surface area contributed by atoms with Crippen molar-refractivity contribution in [3.63, 3.8) is 0 Å². The van der Waals surface area contributed by atoms with Crippen molar-refractivity contribution >= 4 is 11.6 Å². The van der Waals surface area contributed by atoms with Gasteiger partial charge in [-0.3, -0.25) is 9.89 Å². The maximum atomic E-state index is 13.6. The molecule has 0 radical (unpaired) electrons. The van der Waals surface area contributed by atoms with E-state index in [2.05, 4.69) is 25.6 Å². The summed E-state index contributed by atoms with van der Waals surface area (Å²) in [4.78, 5) is 12.2. The third kappa shape index (κ3) is 3.29. The minimum absolute atomic E-state index is 0.120. The molecule has 0 aliphatic carbocycles. The largest absolute Gasteiger partial charge is 0.432 e. The number of nitrogens with zero attached hydrogens (tertiary/aromatic N) is 1. The summed E-state index contributed by atoms with van der Waals surface area (Å²) >= 11 is 0. The molecule has 23 heavy (non-hydrogen) atoms. The smallest absolute Gasteiger partial charge is 0.387 e. The van der Waals surface area contributed by atoms with Gasteiger partial charge in [0, 0.05) is 42.5 Å². The maximum Gasteiger partial charge on any atom is 0.387 e. The van der Waals surface area contributed by atoms with Gasteiger partial charge < -0.3 is 15.4 Å². The fourth-order valence-corrected chi connectivity index (χ4v) is 2.37. The van der Waals surface area contributed by atoms with Crippen LogP contribution < -0.4 is 15.4 Å². The number of anilines is 1. The predicted octanol–water partition coefficient (Wildman–Crippen LogP) is 2.05. The maximum absolute atomic E-state index is 13.6. The molecule has 1 aromatic carbocycles. The number of aromatic nitrogens is 2. The van der Waals surface area contributed by atoms with Crippen molar-refractivity contribution in [2.24, 2.45) is 0 Å². The first-order chi connectivity index (χ1) is 11.0. The van der Waals surface area contributed by atoms with Crippen LogP contribution in [0.15, 0.2) is 18.2 Å². The number of ether oxygens (including phenoxy) is 1. The van der Waals surface area contributed by atoms with Crippen molar-refractivity contribution in [3.8, 4) is 5.75 Å². The molecule has 0 atom stereocenters. The molecule has 1 aliphatic heterocycles. The van der Waals surface area contributed by atoms with E-state index < -0.39 is 24.1 Å². The van der Waals surface area contributed by atoms with E-state index in [0.29, 0.717) is 6.54 Å². The van der Waals surface area contributed by atoms with Crippen LogP contribution >= 0.6 is 0 Å². The average Bonchev–Trinajstić information content (AvgIpc) is 2.94. The highest BCUT2D eigenvalue weighted by molar-refractivity contribution is 6.04. The van der Waals surface area contributed by atoms with Crippen LogP contribution in [0.4, 0.5) is 18.9 Å². The van der Waals surface area contributed by atoms with Crippen molar-refractivity contribution < 1.29 is 22.7 Å². The molecule has 0 bridgehead atoms. The molecule has 0 unspecified atom stereocenters. The second-order valence-electron chi connectivity index (χ2n) is 4.93. The zero-order valence-electron chi connectivity index (χ0n) is 11.8. The van der Waals surface area contributed by atoms with Crippen molar-refractivity contribution in [3.05, 3.63) is 41.0 Å². The molecule has 1 aromatic heterocycles. The Balaban J connectivity index is 1.75. The van der Waals surface area contributed by atoms with E-state index in [9.17, 15) is 18.0 Å². The minimum atomic E-state index is -3.12. The number of benzene rings is 1. The topological polar surface area (TPSA) is 79.0 Å². The van der Waals surface area contributed by atoms with E-state index in [1.165, 1.54) is 6.07 Å². The zero-order chi connectivity index (χ0) is 16.4. The first kappa shape index (κ1) is 15.3. The van der Waals surface area contributed by atoms with Gasteiger partial charge in [-0.15, -0.1) is 0 Å². The number of aromatic amines is 1. The van der Waals surface area contributed by atoms with Gasteiger partial charge in [0.2, 0.25) is 0 Å². The molecule has 2 heterocycles. The van der Waals surface area contributed by atoms with Crippen LogP contribution in [-0.4, -0.2) is 29.3 Å². The van der Waals surface area contributed by atoms with Crippen molar-refractivity contribution in [2.75, 3.05) is 11.9 Å². The predicted molar refractivity (Wildman–Crippen MR) is 75.0 cm³/mol. The third-order valence-corrected chi connectivity index (χ3v) is 3.43. The van der Waals surface area contributed by atoms with E-state index in [1.54, 1.807) is 0 Å². The molecule has 0 saturated heterocycles. The number of carbonyl (C=O) groups is 1. The number of amides is 1. The van der Waals surface area contributed by atoms with E-state index in [1.807, 2.05) is 0 Å². The summed E-state index contributed by atoms with van der Waals surface area (Å²) in [6, 6.07) is 3.21. The Bertz CT molecular complexity index is 733. The third-order valence-electron chi connectivity index (χ3n) is 3.43. The summed E-state index contributed by atoms with van der Waals surface area (Å²) in [7, 11) is 0. The molecule has 3 rings (SSSR count). The van der Waals surface area contributed by atoms with Crippen LogP contribution in [0.5, 0.6) is 5.75 Å². The van der Waals surface area contributed by atoms with E-state index >= 15 is 0 Å². The van der Waals surface area contributed by atoms with Gasteiger partial charge in [0.1, 0.15) is 0 Å². The van der Waals surface area contributed by atoms with Crippen molar-refractivity contribution in [2.45, 2.75) is 19.6 Å². The number of nitrogens with one attached hydrogen (secondary N) is 3. The number of H-pyrrole nitrogens is 1. The summed E-state index contributed by atoms with van der Waals surface area (Å²) in [5, 5.41) is 12.4. The molecule has 0 saturated carbocycles. The standard InChI is InChI=1S/C14H13F3N4O2/c15-9-5-7(1-2-11(9)23-14(16)17)19-13(22)12-8-6-18-4-3-10(8)20-21-12/h1-2,5,14,18H,3-4,6H2,(H,19,22)(H,20,21).